The minimum absolute atomic E-state index is 0.0823. The molecule has 0 aliphatic carbocycles. The lowest BCUT2D eigenvalue weighted by Gasteiger charge is -2.18. The number of carbonyl (C=O) groups excluding carboxylic acids is 1. The van der Waals surface area contributed by atoms with Gasteiger partial charge in [0.25, 0.3) is 0 Å². The Bertz CT molecular complexity index is 264. The lowest BCUT2D eigenvalue weighted by molar-refractivity contribution is -0.140. The van der Waals surface area contributed by atoms with E-state index in [1.165, 1.54) is 11.8 Å². The monoisotopic (exact) mass is 231 g/mol. The Balaban J connectivity index is 3.88. The molecule has 0 saturated carbocycles. The van der Waals surface area contributed by atoms with Gasteiger partial charge in [0.05, 0.1) is 13.2 Å². The fraction of sp³-hybridized carbons (Fsp3) is 0.600. The van der Waals surface area contributed by atoms with Crippen LogP contribution >= 0.6 is 0 Å². The van der Waals surface area contributed by atoms with Gasteiger partial charge in [-0.25, -0.2) is 4.79 Å². The molecule has 0 amide bonds. The van der Waals surface area contributed by atoms with E-state index < -0.39 is 11.9 Å². The Morgan fingerprint density at radius 2 is 2.00 bits per heavy atom. The number of aliphatic hydroxyl groups excluding tert-OH is 1. The zero-order valence-corrected chi connectivity index (χ0v) is 9.31. The molecular weight excluding hydrogens is 214 g/mol. The number of carboxylic acids is 1. The molecule has 0 spiro atoms. The molecule has 0 aromatic carbocycles. The molecule has 0 radical (unpaired) electrons. The van der Waals surface area contributed by atoms with Crippen LogP contribution in [0.2, 0.25) is 0 Å². The Kier molecular flexibility index (Phi) is 7.15. The van der Waals surface area contributed by atoms with E-state index in [9.17, 15) is 9.59 Å². The second-order valence-corrected chi connectivity index (χ2v) is 3.31. The van der Waals surface area contributed by atoms with Crippen LogP contribution in [0, 0.1) is 0 Å². The number of aliphatic hydroxyl groups is 1. The van der Waals surface area contributed by atoms with Crippen LogP contribution < -0.4 is 0 Å². The Hall–Kier alpha value is -1.40. The molecule has 0 fully saturated rings. The van der Waals surface area contributed by atoms with Gasteiger partial charge in [-0.1, -0.05) is 6.58 Å². The second kappa shape index (κ2) is 7.84. The lowest BCUT2D eigenvalue weighted by Crippen LogP contribution is -2.35. The Labute approximate surface area is 94.1 Å². The van der Waals surface area contributed by atoms with Gasteiger partial charge in [0.2, 0.25) is 0 Å². The Morgan fingerprint density at radius 3 is 2.44 bits per heavy atom. The molecule has 0 aromatic heterocycles. The first-order valence-electron chi connectivity index (χ1n) is 4.85. The maximum absolute atomic E-state index is 11.0. The lowest BCUT2D eigenvalue weighted by atomic mass is 10.4. The van der Waals surface area contributed by atoms with Crippen molar-refractivity contribution >= 4 is 11.9 Å². The van der Waals surface area contributed by atoms with Crippen molar-refractivity contribution in [2.75, 3.05) is 32.8 Å². The van der Waals surface area contributed by atoms with E-state index in [1.54, 1.807) is 0 Å². The van der Waals surface area contributed by atoms with Crippen LogP contribution in [0.4, 0.5) is 0 Å². The van der Waals surface area contributed by atoms with Crippen molar-refractivity contribution in [3.8, 4) is 0 Å². The van der Waals surface area contributed by atoms with Gasteiger partial charge in [0.15, 0.2) is 0 Å². The highest BCUT2D eigenvalue weighted by atomic mass is 16.5. The van der Waals surface area contributed by atoms with Crippen molar-refractivity contribution in [2.24, 2.45) is 0 Å². The quantitative estimate of drug-likeness (QED) is 0.432. The SMILES string of the molecule is C=C(C)C(=O)OCCN(CCO)CC(=O)O. The van der Waals surface area contributed by atoms with E-state index in [0.29, 0.717) is 5.57 Å². The average molecular weight is 231 g/mol. The van der Waals surface area contributed by atoms with Crippen molar-refractivity contribution in [1.82, 2.24) is 4.90 Å². The number of aliphatic carboxylic acids is 1. The summed E-state index contributed by atoms with van der Waals surface area (Å²) in [5, 5.41) is 17.3. The van der Waals surface area contributed by atoms with E-state index in [-0.39, 0.29) is 32.8 Å². The third-order valence-corrected chi connectivity index (χ3v) is 1.76. The van der Waals surface area contributed by atoms with Crippen LogP contribution in [0.1, 0.15) is 6.92 Å². The molecule has 16 heavy (non-hydrogen) atoms. The predicted octanol–water partition coefficient (Wildman–Crippen LogP) is -0.515. The van der Waals surface area contributed by atoms with Gasteiger partial charge in [-0.3, -0.25) is 9.69 Å². The summed E-state index contributed by atoms with van der Waals surface area (Å²) in [4.78, 5) is 22.9. The average Bonchev–Trinajstić information content (AvgIpc) is 2.16. The van der Waals surface area contributed by atoms with Gasteiger partial charge in [-0.15, -0.1) is 0 Å². The highest BCUT2D eigenvalue weighted by Crippen LogP contribution is 1.93. The van der Waals surface area contributed by atoms with E-state index in [1.807, 2.05) is 0 Å². The summed E-state index contributed by atoms with van der Waals surface area (Å²) in [6, 6.07) is 0. The van der Waals surface area contributed by atoms with Crippen molar-refractivity contribution in [2.45, 2.75) is 6.92 Å². The van der Waals surface area contributed by atoms with Crippen LogP contribution in [-0.2, 0) is 14.3 Å². The predicted molar refractivity (Wildman–Crippen MR) is 56.9 cm³/mol. The zero-order chi connectivity index (χ0) is 12.6. The number of esters is 1. The van der Waals surface area contributed by atoms with Crippen molar-refractivity contribution in [3.63, 3.8) is 0 Å². The van der Waals surface area contributed by atoms with Crippen LogP contribution in [0.25, 0.3) is 0 Å². The summed E-state index contributed by atoms with van der Waals surface area (Å²) in [5.41, 5.74) is 0.298. The molecule has 0 heterocycles. The standard InChI is InChI=1S/C10H17NO5/c1-8(2)10(15)16-6-4-11(3-5-12)7-9(13)14/h12H,1,3-7H2,2H3,(H,13,14). The van der Waals surface area contributed by atoms with Crippen LogP contribution in [0.3, 0.4) is 0 Å². The molecule has 92 valence electrons. The first-order chi connectivity index (χ1) is 7.47. The number of nitrogens with zero attached hydrogens (tertiary/aromatic N) is 1. The Morgan fingerprint density at radius 1 is 1.38 bits per heavy atom. The summed E-state index contributed by atoms with van der Waals surface area (Å²) in [6.45, 7) is 5.21. The third-order valence-electron chi connectivity index (χ3n) is 1.76. The maximum atomic E-state index is 11.0. The van der Waals surface area contributed by atoms with Gasteiger partial charge < -0.3 is 14.9 Å². The van der Waals surface area contributed by atoms with Gasteiger partial charge in [-0.05, 0) is 6.92 Å². The number of hydrogen-bond acceptors (Lipinski definition) is 5. The van der Waals surface area contributed by atoms with E-state index in [4.69, 9.17) is 14.9 Å². The fourth-order valence-electron chi connectivity index (χ4n) is 0.993. The number of ether oxygens (including phenoxy) is 1. The largest absolute Gasteiger partial charge is 0.480 e. The van der Waals surface area contributed by atoms with Gasteiger partial charge in [-0.2, -0.15) is 0 Å². The number of carboxylic acid groups (broad SMARTS) is 1. The molecule has 2 N–H and O–H groups in total. The molecular formula is C10H17NO5. The van der Waals surface area contributed by atoms with E-state index >= 15 is 0 Å². The number of carbonyl (C=O) groups is 2. The van der Waals surface area contributed by atoms with Crippen LogP contribution in [-0.4, -0.2) is 59.9 Å². The first kappa shape index (κ1) is 14.6. The molecule has 0 rings (SSSR count). The zero-order valence-electron chi connectivity index (χ0n) is 9.31. The minimum Gasteiger partial charge on any atom is -0.480 e. The smallest absolute Gasteiger partial charge is 0.333 e. The molecule has 0 unspecified atom stereocenters. The summed E-state index contributed by atoms with van der Waals surface area (Å²) in [6.07, 6.45) is 0. The van der Waals surface area contributed by atoms with Crippen LogP contribution in [0.5, 0.6) is 0 Å². The fourth-order valence-corrected chi connectivity index (χ4v) is 0.993. The van der Waals surface area contributed by atoms with Crippen molar-refractivity contribution < 1.29 is 24.5 Å². The summed E-state index contributed by atoms with van der Waals surface area (Å²) >= 11 is 0. The summed E-state index contributed by atoms with van der Waals surface area (Å²) in [5.74, 6) is -1.49. The first-order valence-corrected chi connectivity index (χ1v) is 4.85. The molecule has 0 saturated heterocycles. The van der Waals surface area contributed by atoms with Gasteiger partial charge >= 0.3 is 11.9 Å². The highest BCUT2D eigenvalue weighted by molar-refractivity contribution is 5.86. The molecule has 0 bridgehead atoms. The summed E-state index contributed by atoms with van der Waals surface area (Å²) in [7, 11) is 0. The van der Waals surface area contributed by atoms with Crippen molar-refractivity contribution in [1.29, 1.82) is 0 Å². The van der Waals surface area contributed by atoms with Gasteiger partial charge in [0, 0.05) is 18.7 Å². The minimum atomic E-state index is -0.986. The third kappa shape index (κ3) is 6.97. The van der Waals surface area contributed by atoms with Gasteiger partial charge in [0.1, 0.15) is 6.61 Å². The topological polar surface area (TPSA) is 87.1 Å². The van der Waals surface area contributed by atoms with Crippen molar-refractivity contribution in [3.05, 3.63) is 12.2 Å². The molecule has 6 heteroatoms. The molecule has 0 atom stereocenters. The van der Waals surface area contributed by atoms with Crippen LogP contribution in [0.15, 0.2) is 12.2 Å². The molecule has 6 nitrogen and oxygen atoms in total. The molecule has 0 aliphatic heterocycles. The highest BCUT2D eigenvalue weighted by Gasteiger charge is 2.10. The molecule has 0 aromatic rings. The van der Waals surface area contributed by atoms with E-state index in [0.717, 1.165) is 0 Å². The van der Waals surface area contributed by atoms with E-state index in [2.05, 4.69) is 6.58 Å². The number of hydrogen-bond donors (Lipinski definition) is 2. The molecule has 0 aliphatic rings. The summed E-state index contributed by atoms with van der Waals surface area (Å²) < 4.78 is 4.81. The number of rotatable bonds is 8. The normalized spacial score (nSPS) is 10.2. The maximum Gasteiger partial charge on any atom is 0.333 e. The second-order valence-electron chi connectivity index (χ2n) is 3.31.